The predicted molar refractivity (Wildman–Crippen MR) is 108 cm³/mol. The van der Waals surface area contributed by atoms with E-state index in [4.69, 9.17) is 16.9 Å². The van der Waals surface area contributed by atoms with E-state index < -0.39 is 6.04 Å². The number of nitrogens with one attached hydrogen (secondary N) is 1. The summed E-state index contributed by atoms with van der Waals surface area (Å²) in [6.07, 6.45) is 0. The van der Waals surface area contributed by atoms with Crippen LogP contribution in [0.5, 0.6) is 0 Å². The molecule has 150 valence electrons. The van der Waals surface area contributed by atoms with Crippen LogP contribution in [0.3, 0.4) is 0 Å². The van der Waals surface area contributed by atoms with Crippen molar-refractivity contribution in [2.24, 2.45) is 0 Å². The third-order valence-corrected chi connectivity index (χ3v) is 5.29. The lowest BCUT2D eigenvalue weighted by Gasteiger charge is -2.37. The van der Waals surface area contributed by atoms with Crippen molar-refractivity contribution in [2.75, 3.05) is 31.5 Å². The van der Waals surface area contributed by atoms with Crippen molar-refractivity contribution in [1.29, 1.82) is 5.26 Å². The molecule has 3 rings (SSSR count). The summed E-state index contributed by atoms with van der Waals surface area (Å²) in [7, 11) is 0. The Hall–Kier alpha value is -2.95. The second-order valence-corrected chi connectivity index (χ2v) is 7.21. The van der Waals surface area contributed by atoms with Gasteiger partial charge in [0.05, 0.1) is 16.6 Å². The highest BCUT2D eigenvalue weighted by Gasteiger charge is 2.28. The molecule has 2 aromatic carbocycles. The van der Waals surface area contributed by atoms with Crippen molar-refractivity contribution < 1.29 is 14.0 Å². The molecule has 2 aromatic rings. The number of piperazine rings is 1. The van der Waals surface area contributed by atoms with Crippen LogP contribution in [0.1, 0.15) is 22.8 Å². The molecular weight excluding hydrogens is 395 g/mol. The molecule has 6 nitrogen and oxygen atoms in total. The van der Waals surface area contributed by atoms with Crippen LogP contribution in [-0.4, -0.2) is 53.8 Å². The second-order valence-electron chi connectivity index (χ2n) is 6.81. The average molecular weight is 415 g/mol. The van der Waals surface area contributed by atoms with Gasteiger partial charge in [0, 0.05) is 37.4 Å². The highest BCUT2D eigenvalue weighted by molar-refractivity contribution is 6.32. The van der Waals surface area contributed by atoms with Gasteiger partial charge in [0.25, 0.3) is 5.91 Å². The van der Waals surface area contributed by atoms with Crippen LogP contribution in [-0.2, 0) is 4.79 Å². The Labute approximate surface area is 173 Å². The van der Waals surface area contributed by atoms with Crippen LogP contribution in [0.25, 0.3) is 0 Å². The molecule has 0 saturated carbocycles. The van der Waals surface area contributed by atoms with Crippen molar-refractivity contribution in [1.82, 2.24) is 9.80 Å². The third-order valence-electron chi connectivity index (χ3n) is 4.98. The minimum atomic E-state index is -0.396. The molecular formula is C21H20ClFN4O2. The number of hydrogen-bond donors (Lipinski definition) is 1. The van der Waals surface area contributed by atoms with Crippen LogP contribution in [0.4, 0.5) is 10.1 Å². The van der Waals surface area contributed by atoms with E-state index in [-0.39, 0.29) is 22.7 Å². The van der Waals surface area contributed by atoms with Gasteiger partial charge in [0.1, 0.15) is 11.9 Å². The number of anilines is 1. The smallest absolute Gasteiger partial charge is 0.253 e. The van der Waals surface area contributed by atoms with Crippen LogP contribution in [0, 0.1) is 17.1 Å². The summed E-state index contributed by atoms with van der Waals surface area (Å²) in [4.78, 5) is 28.8. The summed E-state index contributed by atoms with van der Waals surface area (Å²) in [5.74, 6) is -0.715. The highest BCUT2D eigenvalue weighted by Crippen LogP contribution is 2.21. The van der Waals surface area contributed by atoms with E-state index in [2.05, 4.69) is 5.32 Å². The van der Waals surface area contributed by atoms with E-state index >= 15 is 0 Å². The summed E-state index contributed by atoms with van der Waals surface area (Å²) < 4.78 is 13.0. The summed E-state index contributed by atoms with van der Waals surface area (Å²) in [5, 5.41) is 12.0. The van der Waals surface area contributed by atoms with Gasteiger partial charge < -0.3 is 10.2 Å². The molecule has 1 atom stereocenters. The third kappa shape index (κ3) is 4.91. The number of halogens is 2. The van der Waals surface area contributed by atoms with Gasteiger partial charge in [0.15, 0.2) is 0 Å². The van der Waals surface area contributed by atoms with Gasteiger partial charge >= 0.3 is 0 Å². The molecule has 29 heavy (non-hydrogen) atoms. The fourth-order valence-electron chi connectivity index (χ4n) is 3.18. The molecule has 0 spiro atoms. The van der Waals surface area contributed by atoms with Crippen molar-refractivity contribution in [3.8, 4) is 6.07 Å². The number of rotatable bonds is 4. The fourth-order valence-corrected chi connectivity index (χ4v) is 3.41. The zero-order chi connectivity index (χ0) is 21.0. The Kier molecular flexibility index (Phi) is 6.47. The molecule has 1 aliphatic heterocycles. The second kappa shape index (κ2) is 9.03. The van der Waals surface area contributed by atoms with Crippen molar-refractivity contribution in [2.45, 2.75) is 13.0 Å². The largest absolute Gasteiger partial charge is 0.336 e. The van der Waals surface area contributed by atoms with Gasteiger partial charge in [-0.3, -0.25) is 14.5 Å². The first-order valence-corrected chi connectivity index (χ1v) is 9.56. The Morgan fingerprint density at radius 1 is 1.14 bits per heavy atom. The molecule has 0 radical (unpaired) electrons. The van der Waals surface area contributed by atoms with Gasteiger partial charge in [-0.2, -0.15) is 5.26 Å². The van der Waals surface area contributed by atoms with E-state index in [1.54, 1.807) is 30.0 Å². The van der Waals surface area contributed by atoms with Crippen LogP contribution in [0.15, 0.2) is 42.5 Å². The zero-order valence-electron chi connectivity index (χ0n) is 15.9. The number of nitriles is 1. The summed E-state index contributed by atoms with van der Waals surface area (Å²) >= 11 is 6.00. The monoisotopic (exact) mass is 414 g/mol. The fraction of sp³-hybridized carbons (Fsp3) is 0.286. The lowest BCUT2D eigenvalue weighted by Crippen LogP contribution is -2.54. The summed E-state index contributed by atoms with van der Waals surface area (Å²) in [5.41, 5.74) is 1.32. The Morgan fingerprint density at radius 2 is 1.79 bits per heavy atom. The number of benzene rings is 2. The van der Waals surface area contributed by atoms with Gasteiger partial charge in [-0.05, 0) is 49.4 Å². The van der Waals surface area contributed by atoms with E-state index in [0.717, 1.165) is 0 Å². The minimum Gasteiger partial charge on any atom is -0.336 e. The lowest BCUT2D eigenvalue weighted by atomic mass is 10.1. The lowest BCUT2D eigenvalue weighted by molar-refractivity contribution is -0.121. The molecule has 1 unspecified atom stereocenters. The van der Waals surface area contributed by atoms with Gasteiger partial charge in [-0.15, -0.1) is 0 Å². The first kappa shape index (κ1) is 20.8. The van der Waals surface area contributed by atoms with Crippen LogP contribution >= 0.6 is 11.6 Å². The van der Waals surface area contributed by atoms with E-state index in [1.807, 2.05) is 11.0 Å². The molecule has 1 N–H and O–H groups in total. The highest BCUT2D eigenvalue weighted by atomic mass is 35.5. The number of carbonyl (C=O) groups excluding carboxylic acids is 2. The van der Waals surface area contributed by atoms with Crippen molar-refractivity contribution in [3.63, 3.8) is 0 Å². The molecule has 8 heteroatoms. The zero-order valence-corrected chi connectivity index (χ0v) is 16.6. The number of carbonyl (C=O) groups is 2. The maximum absolute atomic E-state index is 13.0. The molecule has 2 amide bonds. The summed E-state index contributed by atoms with van der Waals surface area (Å²) in [6, 6.07) is 11.8. The topological polar surface area (TPSA) is 76.4 Å². The van der Waals surface area contributed by atoms with Gasteiger partial charge in [-0.1, -0.05) is 11.6 Å². The summed E-state index contributed by atoms with van der Waals surface area (Å²) in [6.45, 7) is 3.87. The van der Waals surface area contributed by atoms with E-state index in [1.165, 1.54) is 24.3 Å². The standard InChI is InChI=1S/C21H20ClFN4O2/c1-14(20(28)25-18-7-4-16(13-24)19(22)12-18)26-8-10-27(11-9-26)21(29)15-2-5-17(23)6-3-15/h2-7,12,14H,8-11H2,1H3,(H,25,28). The normalized spacial score (nSPS) is 15.4. The minimum absolute atomic E-state index is 0.144. The van der Waals surface area contributed by atoms with E-state index in [9.17, 15) is 14.0 Å². The van der Waals surface area contributed by atoms with Crippen molar-refractivity contribution in [3.05, 3.63) is 64.4 Å². The molecule has 1 aliphatic rings. The number of hydrogen-bond acceptors (Lipinski definition) is 4. The molecule has 0 bridgehead atoms. The van der Waals surface area contributed by atoms with E-state index in [0.29, 0.717) is 43.0 Å². The molecule has 1 saturated heterocycles. The maximum Gasteiger partial charge on any atom is 0.253 e. The Bertz CT molecular complexity index is 950. The van der Waals surface area contributed by atoms with Gasteiger partial charge in [0.2, 0.25) is 5.91 Å². The first-order chi connectivity index (χ1) is 13.9. The average Bonchev–Trinajstić information content (AvgIpc) is 2.73. The Morgan fingerprint density at radius 3 is 2.38 bits per heavy atom. The first-order valence-electron chi connectivity index (χ1n) is 9.18. The number of nitrogens with zero attached hydrogens (tertiary/aromatic N) is 3. The molecule has 1 heterocycles. The predicted octanol–water partition coefficient (Wildman–Crippen LogP) is 3.14. The van der Waals surface area contributed by atoms with Gasteiger partial charge in [-0.25, -0.2) is 4.39 Å². The SMILES string of the molecule is CC(C(=O)Nc1ccc(C#N)c(Cl)c1)N1CCN(C(=O)c2ccc(F)cc2)CC1. The quantitative estimate of drug-likeness (QED) is 0.833. The molecule has 1 fully saturated rings. The Balaban J connectivity index is 1.55. The molecule has 0 aromatic heterocycles. The molecule has 0 aliphatic carbocycles. The van der Waals surface area contributed by atoms with Crippen molar-refractivity contribution >= 4 is 29.1 Å². The van der Waals surface area contributed by atoms with Crippen LogP contribution in [0.2, 0.25) is 5.02 Å². The maximum atomic E-state index is 13.0. The van der Waals surface area contributed by atoms with Crippen LogP contribution < -0.4 is 5.32 Å². The number of amides is 2.